The molecule has 5 fully saturated rings. The number of piperidine rings is 1. The van der Waals surface area contributed by atoms with Gasteiger partial charge in [-0.05, 0) is 69.0 Å². The van der Waals surface area contributed by atoms with Crippen molar-refractivity contribution >= 4 is 6.03 Å². The molecule has 9 rings (SSSR count). The van der Waals surface area contributed by atoms with E-state index in [-0.39, 0.29) is 34.8 Å². The highest BCUT2D eigenvalue weighted by Crippen LogP contribution is 2.71. The Balaban J connectivity index is 1.22. The van der Waals surface area contributed by atoms with Crippen LogP contribution in [0.2, 0.25) is 0 Å². The summed E-state index contributed by atoms with van der Waals surface area (Å²) < 4.78 is 6.81. The van der Waals surface area contributed by atoms with Crippen LogP contribution in [0.25, 0.3) is 0 Å². The molecule has 2 saturated carbocycles. The summed E-state index contributed by atoms with van der Waals surface area (Å²) in [6, 6.07) is 4.53. The zero-order chi connectivity index (χ0) is 24.2. The predicted octanol–water partition coefficient (Wildman–Crippen LogP) is 3.26. The Hall–Kier alpha value is -2.74. The van der Waals surface area contributed by atoms with Crippen molar-refractivity contribution in [2.45, 2.75) is 75.1 Å². The van der Waals surface area contributed by atoms with E-state index in [2.05, 4.69) is 25.8 Å². The van der Waals surface area contributed by atoms with Crippen molar-refractivity contribution < 1.29 is 14.6 Å². The molecule has 4 aliphatic heterocycles. The second-order valence-corrected chi connectivity index (χ2v) is 12.2. The van der Waals surface area contributed by atoms with Gasteiger partial charge >= 0.3 is 6.03 Å². The molecule has 2 spiro atoms. The van der Waals surface area contributed by atoms with Gasteiger partial charge in [-0.15, -0.1) is 0 Å². The maximum Gasteiger partial charge on any atom is 0.320 e. The number of aromatic hydroxyl groups is 1. The average Bonchev–Trinajstić information content (AvgIpc) is 3.50. The maximum absolute atomic E-state index is 13.9. The van der Waals surface area contributed by atoms with Crippen LogP contribution in [0.1, 0.15) is 55.5 Å². The van der Waals surface area contributed by atoms with Gasteiger partial charge in [-0.2, -0.15) is 0 Å². The molecule has 0 unspecified atom stereocenters. The molecule has 36 heavy (non-hydrogen) atoms. The fourth-order valence-electron chi connectivity index (χ4n) is 9.12. The third-order valence-electron chi connectivity index (χ3n) is 10.7. The van der Waals surface area contributed by atoms with Crippen molar-refractivity contribution in [1.29, 1.82) is 0 Å². The number of benzene rings is 1. The fourth-order valence-corrected chi connectivity index (χ4v) is 9.12. The first-order chi connectivity index (χ1) is 17.5. The molecule has 4 bridgehead atoms. The van der Waals surface area contributed by atoms with Crippen molar-refractivity contribution in [1.82, 2.24) is 24.7 Å². The quantitative estimate of drug-likeness (QED) is 0.689. The second-order valence-electron chi connectivity index (χ2n) is 12.2. The highest BCUT2D eigenvalue weighted by molar-refractivity contribution is 5.75. The number of rotatable bonds is 4. The number of carbonyl (C=O) groups excluding carboxylic acids is 1. The van der Waals surface area contributed by atoms with Gasteiger partial charge in [-0.3, -0.25) is 4.90 Å². The minimum absolute atomic E-state index is 0.0144. The lowest BCUT2D eigenvalue weighted by Crippen LogP contribution is -2.73. The van der Waals surface area contributed by atoms with E-state index < -0.39 is 0 Å². The second kappa shape index (κ2) is 7.18. The van der Waals surface area contributed by atoms with Gasteiger partial charge in [-0.25, -0.2) is 9.78 Å². The molecule has 8 heteroatoms. The Morgan fingerprint density at radius 1 is 1.25 bits per heavy atom. The molecular formula is C28H35N5O3. The molecule has 5 atom stereocenters. The number of hydrogen-bond donors (Lipinski definition) is 2. The van der Waals surface area contributed by atoms with E-state index >= 15 is 0 Å². The molecule has 1 aromatic carbocycles. The Bertz CT molecular complexity index is 1230. The van der Waals surface area contributed by atoms with E-state index in [9.17, 15) is 9.90 Å². The molecule has 0 radical (unpaired) electrons. The van der Waals surface area contributed by atoms with Crippen LogP contribution in [0.5, 0.6) is 11.5 Å². The third-order valence-corrected chi connectivity index (χ3v) is 10.7. The summed E-state index contributed by atoms with van der Waals surface area (Å²) in [6.45, 7) is 3.54. The van der Waals surface area contributed by atoms with Crippen LogP contribution in [0.3, 0.4) is 0 Å². The van der Waals surface area contributed by atoms with Crippen LogP contribution in [-0.2, 0) is 18.4 Å². The highest BCUT2D eigenvalue weighted by atomic mass is 16.5. The van der Waals surface area contributed by atoms with Gasteiger partial charge in [0.15, 0.2) is 11.5 Å². The lowest BCUT2D eigenvalue weighted by atomic mass is 9.42. The zero-order valence-corrected chi connectivity index (χ0v) is 20.9. The first kappa shape index (κ1) is 21.4. The van der Waals surface area contributed by atoms with Crippen molar-refractivity contribution in [3.05, 3.63) is 41.5 Å². The number of phenolic OH excluding ortho intramolecular Hbond substituents is 1. The SMILES string of the molecule is CN(Cc1ncc[nH]1)C(=O)N1CC[C@@]23CC[C@@H]1[C@@H]1Oc4c(O)ccc5c4[C@@]12CCN(CC1CC1)[C@H]3C5. The first-order valence-corrected chi connectivity index (χ1v) is 13.8. The molecule has 2 N–H and O–H groups in total. The normalized spacial score (nSPS) is 35.8. The predicted molar refractivity (Wildman–Crippen MR) is 133 cm³/mol. The summed E-state index contributed by atoms with van der Waals surface area (Å²) in [5, 5.41) is 10.9. The summed E-state index contributed by atoms with van der Waals surface area (Å²) in [6.07, 6.45) is 11.4. The number of aromatic nitrogens is 2. The molecule has 2 aromatic rings. The number of urea groups is 1. The number of amides is 2. The van der Waals surface area contributed by atoms with E-state index in [0.29, 0.717) is 18.3 Å². The number of nitrogens with zero attached hydrogens (tertiary/aromatic N) is 4. The standard InChI is InChI=1S/C28H35N5O3/c1-31(16-22-29-10-11-30-22)26(35)33-13-8-27-7-6-19(33)25-28(27)9-12-32(15-17-2-3-17)21(27)14-18-4-5-20(34)24(36-25)23(18)28/h4-5,10-11,17,19,21,25,34H,2-3,6-9,12-16H2,1H3,(H,29,30)/t19-,21+,25+,27-,28+/m1/s1. The third kappa shape index (κ3) is 2.58. The Morgan fingerprint density at radius 2 is 2.14 bits per heavy atom. The van der Waals surface area contributed by atoms with Crippen molar-refractivity contribution in [2.24, 2.45) is 11.3 Å². The number of likely N-dealkylation sites (tertiary alicyclic amines) is 1. The number of carbonyl (C=O) groups is 1. The minimum atomic E-state index is -0.114. The van der Waals surface area contributed by atoms with E-state index in [1.54, 1.807) is 17.3 Å². The van der Waals surface area contributed by atoms with Crippen LogP contribution in [0.15, 0.2) is 24.5 Å². The fraction of sp³-hybridized carbons (Fsp3) is 0.643. The highest BCUT2D eigenvalue weighted by Gasteiger charge is 2.74. The zero-order valence-electron chi connectivity index (χ0n) is 20.9. The number of H-pyrrole nitrogens is 1. The molecular weight excluding hydrogens is 454 g/mol. The Labute approximate surface area is 211 Å². The number of aromatic amines is 1. The van der Waals surface area contributed by atoms with E-state index in [1.165, 1.54) is 30.5 Å². The van der Waals surface area contributed by atoms with Gasteiger partial charge in [0.2, 0.25) is 0 Å². The van der Waals surface area contributed by atoms with Gasteiger partial charge in [0.1, 0.15) is 11.9 Å². The lowest BCUT2D eigenvalue weighted by molar-refractivity contribution is -0.129. The Morgan fingerprint density at radius 3 is 2.94 bits per heavy atom. The van der Waals surface area contributed by atoms with Crippen molar-refractivity contribution in [3.63, 3.8) is 0 Å². The number of ether oxygens (including phenoxy) is 1. The molecule has 1 aromatic heterocycles. The molecule has 8 nitrogen and oxygen atoms in total. The van der Waals surface area contributed by atoms with Gasteiger partial charge in [0.25, 0.3) is 0 Å². The van der Waals surface area contributed by atoms with E-state index in [4.69, 9.17) is 4.74 Å². The molecule has 7 aliphatic rings. The van der Waals surface area contributed by atoms with Gasteiger partial charge in [0.05, 0.1) is 12.6 Å². The molecule has 5 heterocycles. The molecule has 3 saturated heterocycles. The number of hydrogen-bond acceptors (Lipinski definition) is 5. The summed E-state index contributed by atoms with van der Waals surface area (Å²) in [5.74, 6) is 2.62. The Kier molecular flexibility index (Phi) is 4.26. The number of phenols is 1. The van der Waals surface area contributed by atoms with Gasteiger partial charge in [0, 0.05) is 55.0 Å². The summed E-state index contributed by atoms with van der Waals surface area (Å²) in [5.41, 5.74) is 2.62. The molecule has 190 valence electrons. The number of nitrogens with one attached hydrogen (secondary N) is 1. The van der Waals surface area contributed by atoms with Crippen LogP contribution in [0, 0.1) is 11.3 Å². The van der Waals surface area contributed by atoms with Crippen LogP contribution >= 0.6 is 0 Å². The number of imidazole rings is 1. The smallest absolute Gasteiger partial charge is 0.320 e. The summed E-state index contributed by atoms with van der Waals surface area (Å²) >= 11 is 0. The minimum Gasteiger partial charge on any atom is -0.504 e. The van der Waals surface area contributed by atoms with Crippen molar-refractivity contribution in [2.75, 3.05) is 26.7 Å². The lowest BCUT2D eigenvalue weighted by Gasteiger charge is -2.66. The molecule has 3 aliphatic carbocycles. The first-order valence-electron chi connectivity index (χ1n) is 13.8. The summed E-state index contributed by atoms with van der Waals surface area (Å²) in [7, 11) is 1.87. The van der Waals surface area contributed by atoms with E-state index in [1.807, 2.05) is 13.1 Å². The maximum atomic E-state index is 13.9. The average molecular weight is 490 g/mol. The number of fused-ring (bicyclic) bond motifs is 3. The summed E-state index contributed by atoms with van der Waals surface area (Å²) in [4.78, 5) is 28.1. The largest absolute Gasteiger partial charge is 0.504 e. The van der Waals surface area contributed by atoms with E-state index in [0.717, 1.165) is 56.9 Å². The van der Waals surface area contributed by atoms with Crippen LogP contribution in [-0.4, -0.2) is 80.7 Å². The van der Waals surface area contributed by atoms with Gasteiger partial charge < -0.3 is 24.6 Å². The van der Waals surface area contributed by atoms with Crippen molar-refractivity contribution in [3.8, 4) is 11.5 Å². The van der Waals surface area contributed by atoms with Crippen LogP contribution < -0.4 is 4.74 Å². The monoisotopic (exact) mass is 489 g/mol. The van der Waals surface area contributed by atoms with Crippen LogP contribution in [0.4, 0.5) is 4.79 Å². The molecule has 2 amide bonds. The van der Waals surface area contributed by atoms with Gasteiger partial charge in [-0.1, -0.05) is 6.07 Å². The topological polar surface area (TPSA) is 84.9 Å².